The van der Waals surface area contributed by atoms with Crippen LogP contribution >= 0.6 is 23.8 Å². The molecular formula is C17H14ClFN4OS. The van der Waals surface area contributed by atoms with E-state index in [2.05, 4.69) is 15.5 Å². The van der Waals surface area contributed by atoms with Crippen LogP contribution in [0.25, 0.3) is 11.4 Å². The summed E-state index contributed by atoms with van der Waals surface area (Å²) in [6.07, 6.45) is 0. The quantitative estimate of drug-likeness (QED) is 0.683. The molecule has 0 amide bonds. The smallest absolute Gasteiger partial charge is 0.246 e. The van der Waals surface area contributed by atoms with Crippen molar-refractivity contribution in [3.8, 4) is 11.4 Å². The van der Waals surface area contributed by atoms with E-state index in [1.54, 1.807) is 36.2 Å². The molecule has 0 aliphatic carbocycles. The third-order valence-corrected chi connectivity index (χ3v) is 4.05. The number of rotatable bonds is 4. The Hall–Kier alpha value is -2.51. The third kappa shape index (κ3) is 4.52. The fourth-order valence-corrected chi connectivity index (χ4v) is 2.37. The predicted molar refractivity (Wildman–Crippen MR) is 98.8 cm³/mol. The maximum absolute atomic E-state index is 12.9. The number of thiocarbonyl (C=S) groups is 1. The van der Waals surface area contributed by atoms with Crippen molar-refractivity contribution in [3.05, 3.63) is 65.3 Å². The van der Waals surface area contributed by atoms with Crippen LogP contribution in [0.3, 0.4) is 0 Å². The summed E-state index contributed by atoms with van der Waals surface area (Å²) in [6.45, 7) is 0.341. The first-order chi connectivity index (χ1) is 12.0. The summed E-state index contributed by atoms with van der Waals surface area (Å²) in [4.78, 5) is 6.10. The number of aromatic nitrogens is 2. The molecule has 0 bridgehead atoms. The lowest BCUT2D eigenvalue weighted by Gasteiger charge is -2.19. The Morgan fingerprint density at radius 2 is 1.88 bits per heavy atom. The summed E-state index contributed by atoms with van der Waals surface area (Å²) >= 11 is 11.2. The molecule has 8 heteroatoms. The lowest BCUT2D eigenvalue weighted by Crippen LogP contribution is -2.30. The van der Waals surface area contributed by atoms with Gasteiger partial charge in [0, 0.05) is 23.3 Å². The van der Waals surface area contributed by atoms with Crippen molar-refractivity contribution < 1.29 is 8.91 Å². The molecule has 0 radical (unpaired) electrons. The van der Waals surface area contributed by atoms with Crippen LogP contribution in [-0.4, -0.2) is 27.2 Å². The van der Waals surface area contributed by atoms with Crippen molar-refractivity contribution in [3.63, 3.8) is 0 Å². The molecule has 25 heavy (non-hydrogen) atoms. The minimum atomic E-state index is -0.301. The molecule has 128 valence electrons. The van der Waals surface area contributed by atoms with Gasteiger partial charge in [-0.25, -0.2) is 4.39 Å². The van der Waals surface area contributed by atoms with Crippen LogP contribution in [-0.2, 0) is 6.54 Å². The van der Waals surface area contributed by atoms with Crippen molar-refractivity contribution in [1.82, 2.24) is 15.0 Å². The van der Waals surface area contributed by atoms with Crippen LogP contribution in [0.15, 0.2) is 53.1 Å². The Morgan fingerprint density at radius 3 is 2.56 bits per heavy atom. The molecule has 5 nitrogen and oxygen atoms in total. The molecule has 0 fully saturated rings. The van der Waals surface area contributed by atoms with Gasteiger partial charge in [0.05, 0.1) is 6.54 Å². The molecule has 2 aromatic carbocycles. The predicted octanol–water partition coefficient (Wildman–Crippen LogP) is 4.36. The molecule has 1 aromatic heterocycles. The molecule has 0 aliphatic rings. The highest BCUT2D eigenvalue weighted by Gasteiger charge is 2.13. The third-order valence-electron chi connectivity index (χ3n) is 3.39. The van der Waals surface area contributed by atoms with Crippen LogP contribution in [0.5, 0.6) is 0 Å². The van der Waals surface area contributed by atoms with E-state index < -0.39 is 0 Å². The van der Waals surface area contributed by atoms with Crippen LogP contribution in [0.2, 0.25) is 5.02 Å². The molecule has 0 saturated heterocycles. The number of nitrogens with zero attached hydrogens (tertiary/aromatic N) is 3. The van der Waals surface area contributed by atoms with Gasteiger partial charge in [-0.15, -0.1) is 0 Å². The van der Waals surface area contributed by atoms with Crippen LogP contribution < -0.4 is 5.32 Å². The zero-order valence-corrected chi connectivity index (χ0v) is 14.8. The van der Waals surface area contributed by atoms with Crippen LogP contribution in [0, 0.1) is 5.82 Å². The van der Waals surface area contributed by atoms with Gasteiger partial charge in [0.25, 0.3) is 0 Å². The first kappa shape index (κ1) is 17.3. The van der Waals surface area contributed by atoms with Crippen LogP contribution in [0.4, 0.5) is 10.1 Å². The maximum Gasteiger partial charge on any atom is 0.246 e. The van der Waals surface area contributed by atoms with Gasteiger partial charge in [0.15, 0.2) is 5.11 Å². The van der Waals surface area contributed by atoms with Gasteiger partial charge in [0.2, 0.25) is 11.7 Å². The van der Waals surface area contributed by atoms with Crippen molar-refractivity contribution in [2.24, 2.45) is 0 Å². The molecule has 0 atom stereocenters. The monoisotopic (exact) mass is 376 g/mol. The first-order valence-electron chi connectivity index (χ1n) is 7.37. The number of hydrogen-bond donors (Lipinski definition) is 1. The number of benzene rings is 2. The summed E-state index contributed by atoms with van der Waals surface area (Å²) in [5.41, 5.74) is 1.51. The first-order valence-corrected chi connectivity index (χ1v) is 8.16. The van der Waals surface area contributed by atoms with Crippen molar-refractivity contribution in [2.75, 3.05) is 12.4 Å². The van der Waals surface area contributed by atoms with Crippen molar-refractivity contribution in [1.29, 1.82) is 0 Å². The van der Waals surface area contributed by atoms with Gasteiger partial charge >= 0.3 is 0 Å². The highest BCUT2D eigenvalue weighted by molar-refractivity contribution is 7.80. The highest BCUT2D eigenvalue weighted by atomic mass is 35.5. The summed E-state index contributed by atoms with van der Waals surface area (Å²) in [6, 6.07) is 13.1. The molecule has 1 N–H and O–H groups in total. The zero-order valence-electron chi connectivity index (χ0n) is 13.2. The average Bonchev–Trinajstić information content (AvgIpc) is 3.06. The second kappa shape index (κ2) is 7.58. The Kier molecular flexibility index (Phi) is 5.25. The molecule has 0 aliphatic heterocycles. The van der Waals surface area contributed by atoms with E-state index in [4.69, 9.17) is 28.3 Å². The highest BCUT2D eigenvalue weighted by Crippen LogP contribution is 2.19. The van der Waals surface area contributed by atoms with E-state index in [0.29, 0.717) is 34.1 Å². The summed E-state index contributed by atoms with van der Waals surface area (Å²) in [5.74, 6) is 0.610. The SMILES string of the molecule is CN(Cc1nc(-c2ccc(Cl)cc2)no1)C(=S)Nc1ccc(F)cc1. The van der Waals surface area contributed by atoms with Crippen LogP contribution in [0.1, 0.15) is 5.89 Å². The van der Waals surface area contributed by atoms with E-state index in [9.17, 15) is 4.39 Å². The Morgan fingerprint density at radius 1 is 1.20 bits per heavy atom. The summed E-state index contributed by atoms with van der Waals surface area (Å²) in [7, 11) is 1.80. The Bertz CT molecular complexity index is 867. The fraction of sp³-hybridized carbons (Fsp3) is 0.118. The normalized spacial score (nSPS) is 10.5. The maximum atomic E-state index is 12.9. The number of nitrogens with one attached hydrogen (secondary N) is 1. The molecule has 3 aromatic rings. The van der Waals surface area contributed by atoms with Crippen molar-refractivity contribution >= 4 is 34.6 Å². The van der Waals surface area contributed by atoms with E-state index in [1.807, 2.05) is 12.1 Å². The summed E-state index contributed by atoms with van der Waals surface area (Å²) < 4.78 is 18.2. The van der Waals surface area contributed by atoms with E-state index >= 15 is 0 Å². The minimum Gasteiger partial charge on any atom is -0.343 e. The molecule has 0 saturated carbocycles. The van der Waals surface area contributed by atoms with Gasteiger partial charge in [-0.1, -0.05) is 16.8 Å². The average molecular weight is 377 g/mol. The standard InChI is InChI=1S/C17H14ClFN4OS/c1-23(17(25)20-14-8-6-13(19)7-9-14)10-15-21-16(22-24-15)11-2-4-12(18)5-3-11/h2-9H,10H2,1H3,(H,20,25). The zero-order chi connectivity index (χ0) is 17.8. The van der Waals surface area contributed by atoms with Gasteiger partial charge in [0.1, 0.15) is 5.82 Å². The molecular weight excluding hydrogens is 363 g/mol. The molecule has 0 unspecified atom stereocenters. The van der Waals surface area contributed by atoms with E-state index in [0.717, 1.165) is 5.56 Å². The topological polar surface area (TPSA) is 54.2 Å². The number of anilines is 1. The van der Waals surface area contributed by atoms with Gasteiger partial charge in [-0.3, -0.25) is 0 Å². The lowest BCUT2D eigenvalue weighted by atomic mass is 10.2. The van der Waals surface area contributed by atoms with Gasteiger partial charge in [-0.2, -0.15) is 4.98 Å². The molecule has 0 spiro atoms. The summed E-state index contributed by atoms with van der Waals surface area (Å²) in [5, 5.41) is 8.08. The largest absolute Gasteiger partial charge is 0.343 e. The van der Waals surface area contributed by atoms with Crippen molar-refractivity contribution in [2.45, 2.75) is 6.54 Å². The van der Waals surface area contributed by atoms with Gasteiger partial charge in [-0.05, 0) is 60.7 Å². The second-order valence-corrected chi connectivity index (χ2v) is 6.13. The minimum absolute atomic E-state index is 0.301. The Balaban J connectivity index is 1.62. The lowest BCUT2D eigenvalue weighted by molar-refractivity contribution is 0.336. The second-order valence-electron chi connectivity index (χ2n) is 5.31. The van der Waals surface area contributed by atoms with E-state index in [-0.39, 0.29) is 5.82 Å². The molecule has 3 rings (SSSR count). The Labute approximate surface area is 154 Å². The van der Waals surface area contributed by atoms with E-state index in [1.165, 1.54) is 12.1 Å². The fourth-order valence-electron chi connectivity index (χ4n) is 2.06. The molecule has 1 heterocycles. The number of hydrogen-bond acceptors (Lipinski definition) is 4. The number of halogens is 2. The van der Waals surface area contributed by atoms with Gasteiger partial charge < -0.3 is 14.7 Å².